The van der Waals surface area contributed by atoms with E-state index in [-0.39, 0.29) is 6.54 Å². The lowest BCUT2D eigenvalue weighted by molar-refractivity contribution is -0.139. The van der Waals surface area contributed by atoms with E-state index in [9.17, 15) is 9.59 Å². The van der Waals surface area contributed by atoms with E-state index in [1.54, 1.807) is 25.3 Å². The molecule has 0 radical (unpaired) electrons. The van der Waals surface area contributed by atoms with Gasteiger partial charge in [-0.15, -0.1) is 0 Å². The van der Waals surface area contributed by atoms with Crippen LogP contribution in [0.2, 0.25) is 0 Å². The zero-order chi connectivity index (χ0) is 16.4. The van der Waals surface area contributed by atoms with Gasteiger partial charge in [0.2, 0.25) is 0 Å². The number of carbonyl (C=O) groups is 2. The van der Waals surface area contributed by atoms with Crippen LogP contribution in [0.1, 0.15) is 5.56 Å². The van der Waals surface area contributed by atoms with Crippen LogP contribution in [0.25, 0.3) is 0 Å². The van der Waals surface area contributed by atoms with Crippen LogP contribution < -0.4 is 20.2 Å². The highest BCUT2D eigenvalue weighted by Gasteiger charge is 2.11. The van der Waals surface area contributed by atoms with Gasteiger partial charge in [-0.1, -0.05) is 0 Å². The average Bonchev–Trinajstić information content (AvgIpc) is 2.54. The molecule has 1 aromatic carbocycles. The molecule has 0 aliphatic carbocycles. The highest BCUT2D eigenvalue weighted by Crippen LogP contribution is 2.22. The molecule has 2 N–H and O–H groups in total. The average molecular weight is 309 g/mol. The molecule has 0 aromatic heterocycles. The fraction of sp³-hybridized carbons (Fsp3) is 0.357. The lowest BCUT2D eigenvalue weighted by Crippen LogP contribution is -2.39. The third-order valence-electron chi connectivity index (χ3n) is 2.61. The van der Waals surface area contributed by atoms with Crippen molar-refractivity contribution in [3.63, 3.8) is 0 Å². The van der Waals surface area contributed by atoms with Gasteiger partial charge in [0.1, 0.15) is 11.5 Å². The standard InChI is InChI=1S/C14H19N3O5/c1-20-7-6-15-13(18)14(19)17-16-9-10-4-5-11(21-2)8-12(10)22-3/h4-5,8-9H,6-7H2,1-3H3,(H,15,18)(H,17,19)/b16-9+. The molecule has 8 heteroatoms. The summed E-state index contributed by atoms with van der Waals surface area (Å²) in [5.74, 6) is -0.479. The second kappa shape index (κ2) is 9.35. The number of hydrazone groups is 1. The molecule has 0 saturated carbocycles. The van der Waals surface area contributed by atoms with Crippen molar-refractivity contribution >= 4 is 18.0 Å². The number of carbonyl (C=O) groups excluding carboxylic acids is 2. The first-order valence-corrected chi connectivity index (χ1v) is 6.44. The fourth-order valence-corrected chi connectivity index (χ4v) is 1.48. The van der Waals surface area contributed by atoms with E-state index in [0.717, 1.165) is 0 Å². The minimum absolute atomic E-state index is 0.249. The van der Waals surface area contributed by atoms with E-state index in [0.29, 0.717) is 23.7 Å². The smallest absolute Gasteiger partial charge is 0.329 e. The Labute approximate surface area is 128 Å². The summed E-state index contributed by atoms with van der Waals surface area (Å²) in [6, 6.07) is 5.12. The zero-order valence-corrected chi connectivity index (χ0v) is 12.7. The molecule has 1 aromatic rings. The van der Waals surface area contributed by atoms with E-state index < -0.39 is 11.8 Å². The van der Waals surface area contributed by atoms with Crippen LogP contribution in [-0.2, 0) is 14.3 Å². The summed E-state index contributed by atoms with van der Waals surface area (Å²) in [5.41, 5.74) is 2.76. The highest BCUT2D eigenvalue weighted by atomic mass is 16.5. The van der Waals surface area contributed by atoms with Crippen LogP contribution in [0.4, 0.5) is 0 Å². The number of methoxy groups -OCH3 is 3. The van der Waals surface area contributed by atoms with Crippen molar-refractivity contribution in [2.75, 3.05) is 34.5 Å². The van der Waals surface area contributed by atoms with Gasteiger partial charge in [-0.3, -0.25) is 9.59 Å². The van der Waals surface area contributed by atoms with Crippen molar-refractivity contribution < 1.29 is 23.8 Å². The largest absolute Gasteiger partial charge is 0.497 e. The number of nitrogens with zero attached hydrogens (tertiary/aromatic N) is 1. The quantitative estimate of drug-likeness (QED) is 0.318. The highest BCUT2D eigenvalue weighted by molar-refractivity contribution is 6.35. The van der Waals surface area contributed by atoms with E-state index >= 15 is 0 Å². The van der Waals surface area contributed by atoms with Crippen LogP contribution in [0, 0.1) is 0 Å². The van der Waals surface area contributed by atoms with Gasteiger partial charge in [0.25, 0.3) is 0 Å². The maximum absolute atomic E-state index is 11.5. The van der Waals surface area contributed by atoms with Gasteiger partial charge in [-0.2, -0.15) is 5.10 Å². The van der Waals surface area contributed by atoms with Crippen LogP contribution in [-0.4, -0.2) is 52.5 Å². The summed E-state index contributed by atoms with van der Waals surface area (Å²) in [5, 5.41) is 6.10. The molecule has 0 heterocycles. The van der Waals surface area contributed by atoms with E-state index in [2.05, 4.69) is 15.8 Å². The normalized spacial score (nSPS) is 10.3. The van der Waals surface area contributed by atoms with Gasteiger partial charge >= 0.3 is 11.8 Å². The van der Waals surface area contributed by atoms with Crippen LogP contribution in [0.15, 0.2) is 23.3 Å². The maximum Gasteiger partial charge on any atom is 0.329 e. The number of benzene rings is 1. The molecule has 0 spiro atoms. The third kappa shape index (κ3) is 5.41. The van der Waals surface area contributed by atoms with Crippen molar-refractivity contribution in [1.29, 1.82) is 0 Å². The van der Waals surface area contributed by atoms with Gasteiger partial charge in [0.05, 0.1) is 27.0 Å². The topological polar surface area (TPSA) is 98.2 Å². The molecule has 120 valence electrons. The minimum Gasteiger partial charge on any atom is -0.497 e. The Hall–Kier alpha value is -2.61. The number of hydrogen-bond acceptors (Lipinski definition) is 6. The molecule has 0 bridgehead atoms. The number of nitrogens with one attached hydrogen (secondary N) is 2. The second-order valence-corrected chi connectivity index (χ2v) is 4.06. The number of hydrogen-bond donors (Lipinski definition) is 2. The fourth-order valence-electron chi connectivity index (χ4n) is 1.48. The molecule has 1 rings (SSSR count). The number of ether oxygens (including phenoxy) is 3. The van der Waals surface area contributed by atoms with E-state index in [4.69, 9.17) is 14.2 Å². The Morgan fingerprint density at radius 1 is 1.18 bits per heavy atom. The van der Waals surface area contributed by atoms with Crippen LogP contribution in [0.5, 0.6) is 11.5 Å². The Kier molecular flexibility index (Phi) is 7.41. The minimum atomic E-state index is -0.861. The first-order chi connectivity index (χ1) is 10.6. The molecular weight excluding hydrogens is 290 g/mol. The SMILES string of the molecule is COCCNC(=O)C(=O)N/N=C/c1ccc(OC)cc1OC. The Morgan fingerprint density at radius 2 is 1.95 bits per heavy atom. The van der Waals surface area contributed by atoms with Crippen molar-refractivity contribution in [2.24, 2.45) is 5.10 Å². The summed E-state index contributed by atoms with van der Waals surface area (Å²) in [7, 11) is 4.55. The zero-order valence-electron chi connectivity index (χ0n) is 12.7. The second-order valence-electron chi connectivity index (χ2n) is 4.06. The molecule has 0 fully saturated rings. The van der Waals surface area contributed by atoms with Crippen molar-refractivity contribution in [2.45, 2.75) is 0 Å². The molecule has 0 aliphatic rings. The van der Waals surface area contributed by atoms with Gasteiger partial charge in [0.15, 0.2) is 0 Å². The molecule has 0 saturated heterocycles. The van der Waals surface area contributed by atoms with Gasteiger partial charge < -0.3 is 19.5 Å². The summed E-state index contributed by atoms with van der Waals surface area (Å²) in [6.07, 6.45) is 1.37. The number of amides is 2. The van der Waals surface area contributed by atoms with Crippen molar-refractivity contribution in [3.05, 3.63) is 23.8 Å². The third-order valence-corrected chi connectivity index (χ3v) is 2.61. The van der Waals surface area contributed by atoms with Crippen LogP contribution >= 0.6 is 0 Å². The first kappa shape index (κ1) is 17.4. The Bertz CT molecular complexity index is 545. The summed E-state index contributed by atoms with van der Waals surface area (Å²) < 4.78 is 15.0. The van der Waals surface area contributed by atoms with E-state index in [1.807, 2.05) is 0 Å². The molecule has 0 atom stereocenters. The molecule has 2 amide bonds. The molecular formula is C14H19N3O5. The van der Waals surface area contributed by atoms with Crippen LogP contribution in [0.3, 0.4) is 0 Å². The predicted molar refractivity (Wildman–Crippen MR) is 80.2 cm³/mol. The lowest BCUT2D eigenvalue weighted by atomic mass is 10.2. The van der Waals surface area contributed by atoms with Crippen molar-refractivity contribution in [3.8, 4) is 11.5 Å². The van der Waals surface area contributed by atoms with E-state index in [1.165, 1.54) is 20.4 Å². The summed E-state index contributed by atoms with van der Waals surface area (Å²) in [4.78, 5) is 22.8. The Balaban J connectivity index is 2.58. The Morgan fingerprint density at radius 3 is 2.59 bits per heavy atom. The van der Waals surface area contributed by atoms with Gasteiger partial charge in [-0.25, -0.2) is 5.43 Å². The number of rotatable bonds is 7. The molecule has 8 nitrogen and oxygen atoms in total. The summed E-state index contributed by atoms with van der Waals surface area (Å²) in [6.45, 7) is 0.574. The van der Waals surface area contributed by atoms with Crippen molar-refractivity contribution in [1.82, 2.24) is 10.7 Å². The molecule has 0 aliphatic heterocycles. The van der Waals surface area contributed by atoms with Gasteiger partial charge in [0, 0.05) is 25.3 Å². The molecule has 0 unspecified atom stereocenters. The summed E-state index contributed by atoms with van der Waals surface area (Å²) >= 11 is 0. The molecule has 22 heavy (non-hydrogen) atoms. The lowest BCUT2D eigenvalue weighted by Gasteiger charge is -2.07. The predicted octanol–water partition coefficient (Wildman–Crippen LogP) is -0.0835. The first-order valence-electron chi connectivity index (χ1n) is 6.44. The monoisotopic (exact) mass is 309 g/mol. The maximum atomic E-state index is 11.5. The van der Waals surface area contributed by atoms with Gasteiger partial charge in [-0.05, 0) is 12.1 Å².